The van der Waals surface area contributed by atoms with Crippen LogP contribution in [0.2, 0.25) is 0 Å². The van der Waals surface area contributed by atoms with E-state index in [9.17, 15) is 14.5 Å². The standard InChI is InChI=1S/C23H29N7.C22H27N7O.C21H24BrN7.C21H24FN7.C21H24N8O2/c1-3-7-19-16-21(24-17-19)26-22-25-20(11-10-18-8-5-4-6-9-18)27-23(28-22)30-14-12-29(2)13-15-30;1-17-15-20(23-16-17)25-21-24-19(8-7-18-5-3-2-4-6-18)26-22(27-21)29-11-9-28(10-12-29)13-14-30;2*1-15-13-19(23-14-15)25-20-24-18(8-5-16-3-6-17(22)7-4-16)26-21(27-20)29-11-9-28(2)10-12-29;1-15-13-19(22-14-15)24-20-23-18(8-5-16-3-6-17(7-4-16)29(30)31)25-21(26-20)28-11-9-27(2)10-12-28/h4-6,8-11,16H,3,7,12-15,17H2,1-2H3,(H,24,25,26,27,28);2-8,15,30H,9-14,16H2,1H3,(H,23,24,25,26,27);2*3-8,13H,9-12,14H2,1-2H3,(H,23,24,25,26,27);3-8,13H,9-12,14H2,1-2H3,(H,22,23,24,25,26)/b11-10+;8-7+;3*8-5+. The Bertz CT molecular complexity index is 6570. The van der Waals surface area contributed by atoms with Gasteiger partial charge < -0.3 is 75.8 Å². The molecule has 10 aromatic rings. The number of anilines is 10. The Morgan fingerprint density at radius 1 is 0.336 bits per heavy atom. The van der Waals surface area contributed by atoms with Gasteiger partial charge in [0.05, 0.1) is 44.3 Å². The van der Waals surface area contributed by atoms with Gasteiger partial charge in [-0.3, -0.25) is 40.0 Å². The summed E-state index contributed by atoms with van der Waals surface area (Å²) in [6.45, 7) is 33.0. The zero-order valence-corrected chi connectivity index (χ0v) is 87.3. The number of aliphatic imine (C=N–C) groups is 5. The summed E-state index contributed by atoms with van der Waals surface area (Å²) in [5.74, 6) is 12.3. The number of nitrogens with one attached hydrogen (secondary N) is 5. The molecule has 10 aliphatic rings. The fourth-order valence-electron chi connectivity index (χ4n) is 16.5. The molecular weight excluding hydrogens is 1950 g/mol. The van der Waals surface area contributed by atoms with Gasteiger partial charge >= 0.3 is 0 Å². The number of aromatic nitrogens is 15. The van der Waals surface area contributed by atoms with Crippen molar-refractivity contribution in [1.82, 2.24) is 99.3 Å². The summed E-state index contributed by atoms with van der Waals surface area (Å²) in [5.41, 5.74) is 11.2. The molecule has 6 N–H and O–H groups in total. The first-order valence-corrected chi connectivity index (χ1v) is 51.1. The Balaban J connectivity index is 0.000000133. The Morgan fingerprint density at radius 3 is 0.866 bits per heavy atom. The highest BCUT2D eigenvalue weighted by Crippen LogP contribution is 2.27. The van der Waals surface area contributed by atoms with Crippen molar-refractivity contribution >= 4 is 171 Å². The minimum atomic E-state index is -0.415. The quantitative estimate of drug-likeness (QED) is 0.0229. The molecule has 41 heteroatoms. The van der Waals surface area contributed by atoms with Crippen LogP contribution in [0.5, 0.6) is 0 Å². The molecule has 5 aromatic heterocycles. The Morgan fingerprint density at radius 2 is 0.597 bits per heavy atom. The number of non-ortho nitro benzene ring substituents is 1. The van der Waals surface area contributed by atoms with Gasteiger partial charge in [-0.2, -0.15) is 74.8 Å². The number of nitro groups is 1. The van der Waals surface area contributed by atoms with E-state index in [1.54, 1.807) is 30.3 Å². The Labute approximate surface area is 877 Å². The lowest BCUT2D eigenvalue weighted by atomic mass is 10.1. The van der Waals surface area contributed by atoms with Crippen LogP contribution >= 0.6 is 15.9 Å². The molecule has 0 atom stereocenters. The SMILES string of the molecule is CC1=CC(Nc2nc(/C=C/c3ccc(Br)cc3)nc(N3CCN(C)CC3)n2)=NC1.CC1=CC(Nc2nc(/C=C/c3ccc(F)cc3)nc(N3CCN(C)CC3)n2)=NC1.CC1=CC(Nc2nc(/C=C/c3ccc([N+](=O)[O-])cc3)nc(N3CCN(C)CC3)n2)=NC1.CC1=CC(Nc2nc(/C=C/c3ccccc3)nc(N3CCN(CCO)CC3)n2)=NC1.CCCC1=CC(Nc2nc(/C=C/c3ccccc3)nc(N3CCN(C)CC3)n2)=NC1. The topological polar surface area (TPSA) is 411 Å². The van der Waals surface area contributed by atoms with E-state index in [4.69, 9.17) is 20.1 Å². The van der Waals surface area contributed by atoms with E-state index in [0.717, 1.165) is 218 Å². The third kappa shape index (κ3) is 33.2. The van der Waals surface area contributed by atoms with Crippen LogP contribution in [0.4, 0.5) is 69.6 Å². The van der Waals surface area contributed by atoms with Crippen LogP contribution < -0.4 is 51.1 Å². The number of nitro benzene ring substituents is 1. The normalized spacial score (nSPS) is 17.4. The maximum absolute atomic E-state index is 13.1. The largest absolute Gasteiger partial charge is 0.395 e. The molecule has 5 aromatic carbocycles. The van der Waals surface area contributed by atoms with Crippen LogP contribution in [-0.2, 0) is 0 Å². The monoisotopic (exact) mass is 2080 g/mol. The van der Waals surface area contributed by atoms with Crippen molar-refractivity contribution in [3.8, 4) is 0 Å². The summed E-state index contributed by atoms with van der Waals surface area (Å²) in [7, 11) is 8.49. The highest BCUT2D eigenvalue weighted by atomic mass is 79.9. The van der Waals surface area contributed by atoms with Crippen molar-refractivity contribution in [2.75, 3.05) is 256 Å². The fourth-order valence-corrected chi connectivity index (χ4v) is 16.7. The number of halogens is 2. The molecule has 0 aliphatic carbocycles. The summed E-state index contributed by atoms with van der Waals surface area (Å²) in [6.07, 6.45) is 31.4. The third-order valence-electron chi connectivity index (χ3n) is 25.1. The molecule has 0 bridgehead atoms. The van der Waals surface area contributed by atoms with Crippen molar-refractivity contribution in [2.24, 2.45) is 25.0 Å². The molecule has 20 rings (SSSR count). The molecule has 0 amide bonds. The zero-order chi connectivity index (χ0) is 104. The molecule has 15 heterocycles. The van der Waals surface area contributed by atoms with Crippen molar-refractivity contribution < 1.29 is 14.4 Å². The zero-order valence-electron chi connectivity index (χ0n) is 85.8. The minimum Gasteiger partial charge on any atom is -0.395 e. The number of hydrogen-bond donors (Lipinski definition) is 6. The number of aliphatic hydroxyl groups is 1. The summed E-state index contributed by atoms with van der Waals surface area (Å²) < 4.78 is 14.2. The lowest BCUT2D eigenvalue weighted by Crippen LogP contribution is -2.47. The minimum absolute atomic E-state index is 0.0573. The number of rotatable bonds is 25. The molecule has 5 saturated heterocycles. The molecule has 0 saturated carbocycles. The molecule has 0 spiro atoms. The highest BCUT2D eigenvalue weighted by molar-refractivity contribution is 9.10. The predicted molar refractivity (Wildman–Crippen MR) is 603 cm³/mol. The van der Waals surface area contributed by atoms with E-state index in [2.05, 4.69) is 243 Å². The first-order chi connectivity index (χ1) is 72.4. The number of amidine groups is 5. The van der Waals surface area contributed by atoms with Crippen molar-refractivity contribution in [3.05, 3.63) is 269 Å². The molecule has 10 aliphatic heterocycles. The first-order valence-electron chi connectivity index (χ1n) is 50.3. The van der Waals surface area contributed by atoms with E-state index in [1.807, 2.05) is 166 Å². The number of nitrogens with zero attached hydrogens (tertiary/aromatic N) is 31. The second-order valence-electron chi connectivity index (χ2n) is 37.4. The van der Waals surface area contributed by atoms with Crippen LogP contribution in [0.3, 0.4) is 0 Å². The maximum atomic E-state index is 13.1. The molecule has 5 fully saturated rings. The molecule has 39 nitrogen and oxygen atoms in total. The van der Waals surface area contributed by atoms with Crippen LogP contribution in [-0.4, -0.2) is 343 Å². The van der Waals surface area contributed by atoms with Gasteiger partial charge in [-0.05, 0) is 215 Å². The van der Waals surface area contributed by atoms with Gasteiger partial charge in [-0.15, -0.1) is 0 Å². The molecule has 149 heavy (non-hydrogen) atoms. The summed E-state index contributed by atoms with van der Waals surface area (Å²) in [5, 5.41) is 36.1. The van der Waals surface area contributed by atoms with Crippen LogP contribution in [0.15, 0.2) is 221 Å². The van der Waals surface area contributed by atoms with Gasteiger partial charge in [0.15, 0.2) is 29.1 Å². The van der Waals surface area contributed by atoms with Gasteiger partial charge in [0.2, 0.25) is 59.5 Å². The van der Waals surface area contributed by atoms with Crippen molar-refractivity contribution in [2.45, 2.75) is 47.5 Å². The average Bonchev–Trinajstić information content (AvgIpc) is 1.68. The second kappa shape index (κ2) is 53.2. The number of benzene rings is 5. The number of aliphatic hydroxyl groups excluding tert-OH is 1. The van der Waals surface area contributed by atoms with Crippen LogP contribution in [0.1, 0.15) is 104 Å². The van der Waals surface area contributed by atoms with Gasteiger partial charge in [-0.1, -0.05) is 145 Å². The van der Waals surface area contributed by atoms with Gasteiger partial charge in [0.1, 0.15) is 35.0 Å². The fraction of sp³-hybridized carbons (Fsp3) is 0.352. The van der Waals surface area contributed by atoms with Gasteiger partial charge in [0, 0.05) is 154 Å². The number of piperazine rings is 5. The summed E-state index contributed by atoms with van der Waals surface area (Å²) in [6, 6.07) is 41.0. The maximum Gasteiger partial charge on any atom is 0.269 e. The van der Waals surface area contributed by atoms with E-state index in [0.29, 0.717) is 115 Å². The molecule has 0 radical (unpaired) electrons. The number of hydrogen-bond acceptors (Lipinski definition) is 38. The van der Waals surface area contributed by atoms with Gasteiger partial charge in [-0.25, -0.2) is 4.39 Å². The number of likely N-dealkylation sites (N-methyl/N-ethyl adjacent to an activating group) is 4. The second-order valence-corrected chi connectivity index (χ2v) is 38.3. The lowest BCUT2D eigenvalue weighted by Gasteiger charge is -2.34. The van der Waals surface area contributed by atoms with E-state index < -0.39 is 4.92 Å². The predicted octanol–water partition coefficient (Wildman–Crippen LogP) is 13.8. The van der Waals surface area contributed by atoms with Crippen LogP contribution in [0.25, 0.3) is 60.8 Å². The average molecular weight is 2080 g/mol. The third-order valence-corrected chi connectivity index (χ3v) is 25.6. The van der Waals surface area contributed by atoms with Crippen LogP contribution in [0, 0.1) is 15.9 Å². The lowest BCUT2D eigenvalue weighted by molar-refractivity contribution is -0.384. The smallest absolute Gasteiger partial charge is 0.269 e. The van der Waals surface area contributed by atoms with E-state index in [-0.39, 0.29) is 18.1 Å². The van der Waals surface area contributed by atoms with E-state index >= 15 is 0 Å². The summed E-state index contributed by atoms with van der Waals surface area (Å²) >= 11 is 3.46. The molecular formula is C108H128BrFN36O3. The first kappa shape index (κ1) is 106. The van der Waals surface area contributed by atoms with E-state index in [1.165, 1.54) is 52.1 Å². The van der Waals surface area contributed by atoms with Crippen molar-refractivity contribution in [3.63, 3.8) is 0 Å². The highest BCUT2D eigenvalue weighted by Gasteiger charge is 2.27. The summed E-state index contributed by atoms with van der Waals surface area (Å²) in [4.78, 5) is 125. The molecule has 772 valence electrons. The van der Waals surface area contributed by atoms with Crippen molar-refractivity contribution in [1.29, 1.82) is 0 Å². The Hall–Kier alpha value is -15.5. The number of β-amino-alcohol motifs (C(OH)–C–C–N with tert-alkyl or cyclic N) is 1. The molecule has 0 unspecified atom stereocenters. The van der Waals surface area contributed by atoms with Gasteiger partial charge in [0.25, 0.3) is 5.69 Å². The Kier molecular flexibility index (Phi) is 37.9.